The van der Waals surface area contributed by atoms with Gasteiger partial charge in [0.1, 0.15) is 0 Å². The summed E-state index contributed by atoms with van der Waals surface area (Å²) in [5, 5.41) is 0. The minimum atomic E-state index is -0.185. The summed E-state index contributed by atoms with van der Waals surface area (Å²) in [5.41, 5.74) is 9.02. The summed E-state index contributed by atoms with van der Waals surface area (Å²) in [6.45, 7) is 2.53. The van der Waals surface area contributed by atoms with Gasteiger partial charge in [0.05, 0.1) is 18.2 Å². The average Bonchev–Trinajstić information content (AvgIpc) is 2.35. The predicted octanol–water partition coefficient (Wildman–Crippen LogP) is 0.0282. The monoisotopic (exact) mass is 155 g/mol. The van der Waals surface area contributed by atoms with Crippen molar-refractivity contribution in [3.05, 3.63) is 11.9 Å². The summed E-state index contributed by atoms with van der Waals surface area (Å²) >= 11 is 0. The van der Waals surface area contributed by atoms with Gasteiger partial charge in [0.25, 0.3) is 0 Å². The molecule has 4 nitrogen and oxygen atoms in total. The van der Waals surface area contributed by atoms with Crippen molar-refractivity contribution in [2.24, 2.45) is 16.1 Å². The molecule has 3 N–H and O–H groups in total. The average molecular weight is 155 g/mol. The van der Waals surface area contributed by atoms with Crippen molar-refractivity contribution < 1.29 is 4.84 Å². The molecule has 0 aromatic carbocycles. The van der Waals surface area contributed by atoms with Crippen LogP contribution in [0.25, 0.3) is 0 Å². The minimum absolute atomic E-state index is 0.185. The zero-order valence-electron chi connectivity index (χ0n) is 6.79. The molecule has 0 saturated carbocycles. The van der Waals surface area contributed by atoms with Gasteiger partial charge in [-0.15, -0.1) is 0 Å². The molecule has 0 aromatic rings. The van der Waals surface area contributed by atoms with Gasteiger partial charge in [0.15, 0.2) is 0 Å². The van der Waals surface area contributed by atoms with Gasteiger partial charge in [-0.3, -0.25) is 15.3 Å². The van der Waals surface area contributed by atoms with Crippen LogP contribution in [0.1, 0.15) is 6.92 Å². The second-order valence-corrected chi connectivity index (χ2v) is 2.75. The number of aliphatic imine (C=N–C) groups is 1. The van der Waals surface area contributed by atoms with E-state index in [-0.39, 0.29) is 5.41 Å². The fourth-order valence-corrected chi connectivity index (χ4v) is 0.909. The van der Waals surface area contributed by atoms with Gasteiger partial charge in [-0.25, -0.2) is 0 Å². The summed E-state index contributed by atoms with van der Waals surface area (Å²) in [5.74, 6) is 0. The molecule has 0 fully saturated rings. The quantitative estimate of drug-likeness (QED) is 0.565. The number of nitrogens with two attached hydrogens (primary N) is 1. The van der Waals surface area contributed by atoms with E-state index in [0.29, 0.717) is 6.54 Å². The number of rotatable bonds is 3. The molecule has 0 bridgehead atoms. The molecule has 0 amide bonds. The molecule has 11 heavy (non-hydrogen) atoms. The van der Waals surface area contributed by atoms with Gasteiger partial charge < -0.3 is 5.73 Å². The predicted molar refractivity (Wildman–Crippen MR) is 43.9 cm³/mol. The van der Waals surface area contributed by atoms with E-state index in [2.05, 4.69) is 10.5 Å². The van der Waals surface area contributed by atoms with Gasteiger partial charge in [0.2, 0.25) is 0 Å². The van der Waals surface area contributed by atoms with Crippen LogP contribution < -0.4 is 11.2 Å². The Bertz CT molecular complexity index is 200. The molecule has 4 heteroatoms. The van der Waals surface area contributed by atoms with Crippen molar-refractivity contribution in [1.82, 2.24) is 5.48 Å². The second kappa shape index (κ2) is 3.02. The lowest BCUT2D eigenvalue weighted by Crippen LogP contribution is -2.34. The van der Waals surface area contributed by atoms with E-state index in [1.165, 1.54) is 0 Å². The summed E-state index contributed by atoms with van der Waals surface area (Å²) in [6, 6.07) is 0. The SMILES string of the molecule is CONC1=CN=CC1(C)CN. The van der Waals surface area contributed by atoms with Crippen LogP contribution in [0.4, 0.5) is 0 Å². The Hall–Kier alpha value is -0.870. The number of hydrogen-bond acceptors (Lipinski definition) is 4. The minimum Gasteiger partial charge on any atom is -0.329 e. The van der Waals surface area contributed by atoms with Crippen LogP contribution in [-0.4, -0.2) is 19.9 Å². The molecule has 0 spiro atoms. The van der Waals surface area contributed by atoms with Gasteiger partial charge in [-0.1, -0.05) is 0 Å². The Morgan fingerprint density at radius 1 is 1.82 bits per heavy atom. The van der Waals surface area contributed by atoms with E-state index in [0.717, 1.165) is 5.70 Å². The van der Waals surface area contributed by atoms with Crippen molar-refractivity contribution in [2.45, 2.75) is 6.92 Å². The molecule has 1 aliphatic heterocycles. The maximum Gasteiger partial charge on any atom is 0.0685 e. The Labute approximate surface area is 66.1 Å². The number of nitrogens with zero attached hydrogens (tertiary/aromatic N) is 1. The van der Waals surface area contributed by atoms with Gasteiger partial charge >= 0.3 is 0 Å². The first-order valence-corrected chi connectivity index (χ1v) is 3.47. The molecule has 0 aromatic heterocycles. The highest BCUT2D eigenvalue weighted by Gasteiger charge is 2.28. The van der Waals surface area contributed by atoms with E-state index < -0.39 is 0 Å². The lowest BCUT2D eigenvalue weighted by Gasteiger charge is -2.22. The van der Waals surface area contributed by atoms with Crippen LogP contribution >= 0.6 is 0 Å². The van der Waals surface area contributed by atoms with Gasteiger partial charge in [-0.05, 0) is 6.92 Å². The molecule has 1 rings (SSSR count). The van der Waals surface area contributed by atoms with E-state index in [9.17, 15) is 0 Å². The maximum atomic E-state index is 5.56. The van der Waals surface area contributed by atoms with Crippen molar-refractivity contribution in [3.63, 3.8) is 0 Å². The largest absolute Gasteiger partial charge is 0.329 e. The number of nitrogens with one attached hydrogen (secondary N) is 1. The standard InChI is InChI=1S/C7H13N3O/c1-7(4-8)5-9-3-6(7)10-11-2/h3,5,10H,4,8H2,1-2H3. The van der Waals surface area contributed by atoms with E-state index in [4.69, 9.17) is 10.6 Å². The highest BCUT2D eigenvalue weighted by Crippen LogP contribution is 2.25. The first-order chi connectivity index (χ1) is 5.23. The van der Waals surface area contributed by atoms with E-state index >= 15 is 0 Å². The fourth-order valence-electron chi connectivity index (χ4n) is 0.909. The molecule has 0 radical (unpaired) electrons. The highest BCUT2D eigenvalue weighted by atomic mass is 16.6. The first kappa shape index (κ1) is 8.23. The highest BCUT2D eigenvalue weighted by molar-refractivity contribution is 5.73. The van der Waals surface area contributed by atoms with Crippen LogP contribution in [0, 0.1) is 5.41 Å². The lowest BCUT2D eigenvalue weighted by atomic mass is 9.90. The third-order valence-electron chi connectivity index (χ3n) is 1.81. The summed E-state index contributed by atoms with van der Waals surface area (Å²) in [4.78, 5) is 8.77. The zero-order chi connectivity index (χ0) is 8.32. The lowest BCUT2D eigenvalue weighted by molar-refractivity contribution is 0.106. The zero-order valence-corrected chi connectivity index (χ0v) is 6.79. The number of hydrogen-bond donors (Lipinski definition) is 2. The summed E-state index contributed by atoms with van der Waals surface area (Å²) in [7, 11) is 1.57. The van der Waals surface area contributed by atoms with Crippen molar-refractivity contribution >= 4 is 6.21 Å². The normalized spacial score (nSPS) is 28.8. The van der Waals surface area contributed by atoms with Crippen molar-refractivity contribution in [2.75, 3.05) is 13.7 Å². The van der Waals surface area contributed by atoms with Gasteiger partial charge in [-0.2, -0.15) is 0 Å². The molecule has 1 unspecified atom stereocenters. The smallest absolute Gasteiger partial charge is 0.0685 e. The van der Waals surface area contributed by atoms with Crippen LogP contribution in [-0.2, 0) is 4.84 Å². The molecule has 0 saturated heterocycles. The van der Waals surface area contributed by atoms with Gasteiger partial charge in [0, 0.05) is 19.0 Å². The Morgan fingerprint density at radius 2 is 2.55 bits per heavy atom. The first-order valence-electron chi connectivity index (χ1n) is 3.47. The fraction of sp³-hybridized carbons (Fsp3) is 0.571. The molecular weight excluding hydrogens is 142 g/mol. The Balaban J connectivity index is 2.68. The topological polar surface area (TPSA) is 59.6 Å². The van der Waals surface area contributed by atoms with Crippen LogP contribution in [0.5, 0.6) is 0 Å². The third kappa shape index (κ3) is 1.41. The van der Waals surface area contributed by atoms with Crippen molar-refractivity contribution in [1.29, 1.82) is 0 Å². The van der Waals surface area contributed by atoms with E-state index in [1.54, 1.807) is 13.3 Å². The molecule has 0 aliphatic carbocycles. The molecule has 1 aliphatic rings. The third-order valence-corrected chi connectivity index (χ3v) is 1.81. The second-order valence-electron chi connectivity index (χ2n) is 2.75. The molecule has 1 atom stereocenters. The summed E-state index contributed by atoms with van der Waals surface area (Å²) < 4.78 is 0. The van der Waals surface area contributed by atoms with Crippen molar-refractivity contribution in [3.8, 4) is 0 Å². The van der Waals surface area contributed by atoms with Crippen LogP contribution in [0.3, 0.4) is 0 Å². The number of hydroxylamine groups is 1. The Morgan fingerprint density at radius 3 is 3.09 bits per heavy atom. The molecule has 62 valence electrons. The van der Waals surface area contributed by atoms with Crippen LogP contribution in [0.15, 0.2) is 16.9 Å². The molecule has 1 heterocycles. The van der Waals surface area contributed by atoms with E-state index in [1.807, 2.05) is 13.1 Å². The Kier molecular flexibility index (Phi) is 2.26. The molecular formula is C7H13N3O. The van der Waals surface area contributed by atoms with Crippen LogP contribution in [0.2, 0.25) is 0 Å². The summed E-state index contributed by atoms with van der Waals surface area (Å²) in [6.07, 6.45) is 3.53. The maximum absolute atomic E-state index is 5.56.